The van der Waals surface area contributed by atoms with E-state index < -0.39 is 0 Å². The van der Waals surface area contributed by atoms with Crippen molar-refractivity contribution >= 4 is 22.4 Å². The number of non-ortho nitro benzene ring substituents is 1. The fourth-order valence-corrected chi connectivity index (χ4v) is 2.46. The monoisotopic (exact) mass is 272 g/mol. The van der Waals surface area contributed by atoms with Crippen LogP contribution >= 0.6 is 0 Å². The molecular formula is C14H16N4O2. The van der Waals surface area contributed by atoms with Gasteiger partial charge in [0.05, 0.1) is 10.4 Å². The van der Waals surface area contributed by atoms with Gasteiger partial charge in [0.15, 0.2) is 0 Å². The van der Waals surface area contributed by atoms with Gasteiger partial charge < -0.3 is 5.43 Å². The van der Waals surface area contributed by atoms with Crippen LogP contribution in [0.3, 0.4) is 0 Å². The number of nitrogens with zero attached hydrogens (tertiary/aromatic N) is 3. The number of rotatable bonds is 3. The summed E-state index contributed by atoms with van der Waals surface area (Å²) >= 11 is 0. The Labute approximate surface area is 116 Å². The molecule has 1 N–H and O–H groups in total. The molecule has 1 aliphatic heterocycles. The Kier molecular flexibility index (Phi) is 3.47. The maximum Gasteiger partial charge on any atom is 0.270 e. The predicted molar refractivity (Wildman–Crippen MR) is 77.4 cm³/mol. The summed E-state index contributed by atoms with van der Waals surface area (Å²) in [6.07, 6.45) is 3.69. The molecule has 0 radical (unpaired) electrons. The summed E-state index contributed by atoms with van der Waals surface area (Å²) in [6, 6.07) is 8.45. The number of fused-ring (bicyclic) bond motifs is 1. The second-order valence-corrected chi connectivity index (χ2v) is 4.99. The Morgan fingerprint density at radius 3 is 2.70 bits per heavy atom. The molecule has 0 bridgehead atoms. The van der Waals surface area contributed by atoms with Crippen LogP contribution in [0, 0.1) is 10.1 Å². The van der Waals surface area contributed by atoms with E-state index in [-0.39, 0.29) is 10.6 Å². The number of nitro benzene ring substituents is 1. The molecule has 1 saturated heterocycles. The smallest absolute Gasteiger partial charge is 0.270 e. The average Bonchev–Trinajstić information content (AvgIpc) is 2.47. The molecule has 1 aliphatic rings. The first-order valence-electron chi connectivity index (χ1n) is 6.79. The summed E-state index contributed by atoms with van der Waals surface area (Å²) in [7, 11) is 0. The van der Waals surface area contributed by atoms with Crippen molar-refractivity contribution < 1.29 is 4.92 Å². The highest BCUT2D eigenvalue weighted by Gasteiger charge is 2.11. The summed E-state index contributed by atoms with van der Waals surface area (Å²) in [5, 5.41) is 13.7. The molecule has 2 aromatic rings. The van der Waals surface area contributed by atoms with Crippen LogP contribution in [-0.4, -0.2) is 28.0 Å². The number of hydrazine groups is 1. The summed E-state index contributed by atoms with van der Waals surface area (Å²) in [5.41, 5.74) is 4.15. The maximum absolute atomic E-state index is 10.7. The SMILES string of the molecule is O=[N+]([O-])c1ccc2nc(NN3CCCCC3)ccc2c1. The lowest BCUT2D eigenvalue weighted by atomic mass is 10.2. The quantitative estimate of drug-likeness (QED) is 0.687. The van der Waals surface area contributed by atoms with Crippen molar-refractivity contribution in [3.8, 4) is 0 Å². The van der Waals surface area contributed by atoms with Crippen LogP contribution in [0.2, 0.25) is 0 Å². The molecule has 104 valence electrons. The minimum absolute atomic E-state index is 0.0936. The van der Waals surface area contributed by atoms with Crippen molar-refractivity contribution in [1.29, 1.82) is 0 Å². The zero-order chi connectivity index (χ0) is 13.9. The first-order valence-corrected chi connectivity index (χ1v) is 6.79. The number of hydrogen-bond acceptors (Lipinski definition) is 5. The summed E-state index contributed by atoms with van der Waals surface area (Å²) in [5.74, 6) is 0.785. The minimum Gasteiger partial charge on any atom is -0.303 e. The fourth-order valence-electron chi connectivity index (χ4n) is 2.46. The van der Waals surface area contributed by atoms with Crippen LogP contribution in [0.25, 0.3) is 10.9 Å². The van der Waals surface area contributed by atoms with Gasteiger partial charge in [-0.2, -0.15) is 0 Å². The van der Waals surface area contributed by atoms with E-state index in [1.165, 1.54) is 25.3 Å². The highest BCUT2D eigenvalue weighted by atomic mass is 16.6. The number of aromatic nitrogens is 1. The van der Waals surface area contributed by atoms with E-state index in [9.17, 15) is 10.1 Å². The summed E-state index contributed by atoms with van der Waals surface area (Å²) < 4.78 is 0. The lowest BCUT2D eigenvalue weighted by molar-refractivity contribution is -0.384. The van der Waals surface area contributed by atoms with Crippen molar-refractivity contribution in [2.24, 2.45) is 0 Å². The molecule has 1 fully saturated rings. The largest absolute Gasteiger partial charge is 0.303 e. The van der Waals surface area contributed by atoms with Crippen LogP contribution < -0.4 is 5.43 Å². The lowest BCUT2D eigenvalue weighted by Crippen LogP contribution is -2.35. The van der Waals surface area contributed by atoms with Crippen molar-refractivity contribution in [1.82, 2.24) is 9.99 Å². The van der Waals surface area contributed by atoms with Gasteiger partial charge in [-0.15, -0.1) is 0 Å². The molecule has 6 nitrogen and oxygen atoms in total. The molecule has 2 heterocycles. The molecule has 0 unspecified atom stereocenters. The van der Waals surface area contributed by atoms with Crippen molar-refractivity contribution in [2.45, 2.75) is 19.3 Å². The number of nitrogens with one attached hydrogen (secondary N) is 1. The second kappa shape index (κ2) is 5.42. The van der Waals surface area contributed by atoms with Crippen molar-refractivity contribution in [3.63, 3.8) is 0 Å². The minimum atomic E-state index is -0.390. The zero-order valence-corrected chi connectivity index (χ0v) is 11.1. The molecule has 0 saturated carbocycles. The van der Waals surface area contributed by atoms with Crippen LogP contribution in [0.15, 0.2) is 30.3 Å². The number of hydrogen-bond donors (Lipinski definition) is 1. The van der Waals surface area contributed by atoms with E-state index in [1.807, 2.05) is 12.1 Å². The van der Waals surface area contributed by atoms with Crippen LogP contribution in [0.1, 0.15) is 19.3 Å². The third kappa shape index (κ3) is 2.70. The molecule has 0 aliphatic carbocycles. The fraction of sp³-hybridized carbons (Fsp3) is 0.357. The standard InChI is InChI=1S/C14H16N4O2/c19-18(20)12-5-6-13-11(10-12)4-7-14(15-13)16-17-8-2-1-3-9-17/h4-7,10H,1-3,8-9H2,(H,15,16). The van der Waals surface area contributed by atoms with Gasteiger partial charge in [0.2, 0.25) is 0 Å². The van der Waals surface area contributed by atoms with Gasteiger partial charge in [0.1, 0.15) is 5.82 Å². The molecule has 3 rings (SSSR count). The molecule has 0 amide bonds. The first-order chi connectivity index (χ1) is 9.72. The second-order valence-electron chi connectivity index (χ2n) is 4.99. The normalized spacial score (nSPS) is 16.2. The first kappa shape index (κ1) is 12.8. The third-order valence-corrected chi connectivity index (χ3v) is 3.51. The van der Waals surface area contributed by atoms with E-state index >= 15 is 0 Å². The van der Waals surface area contributed by atoms with E-state index in [4.69, 9.17) is 0 Å². The Morgan fingerprint density at radius 1 is 1.15 bits per heavy atom. The van der Waals surface area contributed by atoms with Gasteiger partial charge >= 0.3 is 0 Å². The average molecular weight is 272 g/mol. The van der Waals surface area contributed by atoms with Crippen molar-refractivity contribution in [2.75, 3.05) is 18.5 Å². The number of pyridine rings is 1. The topological polar surface area (TPSA) is 71.3 Å². The van der Waals surface area contributed by atoms with E-state index in [0.717, 1.165) is 29.8 Å². The molecule has 0 atom stereocenters. The molecule has 20 heavy (non-hydrogen) atoms. The Balaban J connectivity index is 1.83. The Morgan fingerprint density at radius 2 is 1.95 bits per heavy atom. The molecule has 1 aromatic heterocycles. The zero-order valence-electron chi connectivity index (χ0n) is 11.1. The number of nitro groups is 1. The number of anilines is 1. The van der Waals surface area contributed by atoms with E-state index in [2.05, 4.69) is 15.4 Å². The molecule has 0 spiro atoms. The number of piperidine rings is 1. The Bertz CT molecular complexity index is 638. The van der Waals surface area contributed by atoms with Gasteiger partial charge in [-0.3, -0.25) is 10.1 Å². The third-order valence-electron chi connectivity index (χ3n) is 3.51. The van der Waals surface area contributed by atoms with Crippen LogP contribution in [0.5, 0.6) is 0 Å². The number of benzene rings is 1. The highest BCUT2D eigenvalue weighted by Crippen LogP contribution is 2.21. The molecule has 1 aromatic carbocycles. The van der Waals surface area contributed by atoms with Crippen molar-refractivity contribution in [3.05, 3.63) is 40.4 Å². The summed E-state index contributed by atoms with van der Waals surface area (Å²) in [6.45, 7) is 2.06. The van der Waals surface area contributed by atoms with E-state index in [0.29, 0.717) is 0 Å². The molecular weight excluding hydrogens is 256 g/mol. The van der Waals surface area contributed by atoms with Gasteiger partial charge in [-0.05, 0) is 31.0 Å². The maximum atomic E-state index is 10.7. The predicted octanol–water partition coefficient (Wildman–Crippen LogP) is 2.96. The molecule has 6 heteroatoms. The van der Waals surface area contributed by atoms with Gasteiger partial charge in [-0.1, -0.05) is 6.42 Å². The van der Waals surface area contributed by atoms with Crippen LogP contribution in [-0.2, 0) is 0 Å². The van der Waals surface area contributed by atoms with Gasteiger partial charge in [0.25, 0.3) is 5.69 Å². The van der Waals surface area contributed by atoms with Crippen LogP contribution in [0.4, 0.5) is 11.5 Å². The Hall–Kier alpha value is -2.21. The van der Waals surface area contributed by atoms with Gasteiger partial charge in [-0.25, -0.2) is 9.99 Å². The van der Waals surface area contributed by atoms with Gasteiger partial charge in [0, 0.05) is 30.6 Å². The van der Waals surface area contributed by atoms with E-state index in [1.54, 1.807) is 12.1 Å². The summed E-state index contributed by atoms with van der Waals surface area (Å²) in [4.78, 5) is 14.8. The highest BCUT2D eigenvalue weighted by molar-refractivity contribution is 5.82. The lowest BCUT2D eigenvalue weighted by Gasteiger charge is -2.27.